The van der Waals surface area contributed by atoms with Gasteiger partial charge in [0.2, 0.25) is 5.91 Å². The van der Waals surface area contributed by atoms with Crippen molar-refractivity contribution in [2.45, 2.75) is 12.3 Å². The average Bonchev–Trinajstić information content (AvgIpc) is 3.13. The minimum atomic E-state index is 0.0920. The zero-order valence-electron chi connectivity index (χ0n) is 12.9. The fraction of sp³-hybridized carbons (Fsp3) is 0.353. The molecule has 22 heavy (non-hydrogen) atoms. The molecular weight excluding hydrogens is 296 g/mol. The Hall–Kier alpha value is -1.72. The lowest BCUT2D eigenvalue weighted by molar-refractivity contribution is -0.128. The summed E-state index contributed by atoms with van der Waals surface area (Å²) in [6, 6.07) is 10.5. The van der Waals surface area contributed by atoms with E-state index >= 15 is 0 Å². The molecule has 1 saturated heterocycles. The van der Waals surface area contributed by atoms with E-state index in [1.165, 1.54) is 5.56 Å². The van der Waals surface area contributed by atoms with Crippen molar-refractivity contribution in [2.75, 3.05) is 26.0 Å². The maximum absolute atomic E-state index is 12.0. The molecule has 1 aliphatic rings. The van der Waals surface area contributed by atoms with Crippen molar-refractivity contribution in [3.8, 4) is 5.69 Å². The predicted molar refractivity (Wildman–Crippen MR) is 89.3 cm³/mol. The first-order chi connectivity index (χ1) is 10.7. The molecule has 0 aliphatic carbocycles. The fourth-order valence-electron chi connectivity index (χ4n) is 2.60. The second-order valence-electron chi connectivity index (χ2n) is 5.43. The van der Waals surface area contributed by atoms with Gasteiger partial charge in [-0.1, -0.05) is 17.7 Å². The highest BCUT2D eigenvalue weighted by Crippen LogP contribution is 2.38. The van der Waals surface area contributed by atoms with Gasteiger partial charge in [0.1, 0.15) is 5.37 Å². The molecule has 0 bridgehead atoms. The SMILES string of the molecule is COCCN1C(=O)CSC1c1ccn(-c2ccc(C)cc2)c1. The number of carbonyl (C=O) groups is 1. The van der Waals surface area contributed by atoms with E-state index in [-0.39, 0.29) is 11.3 Å². The van der Waals surface area contributed by atoms with Gasteiger partial charge in [-0.15, -0.1) is 11.8 Å². The monoisotopic (exact) mass is 316 g/mol. The van der Waals surface area contributed by atoms with E-state index in [2.05, 4.69) is 54.2 Å². The number of methoxy groups -OCH3 is 1. The maximum Gasteiger partial charge on any atom is 0.233 e. The highest BCUT2D eigenvalue weighted by Gasteiger charge is 2.32. The van der Waals surface area contributed by atoms with Crippen molar-refractivity contribution in [3.05, 3.63) is 53.9 Å². The summed E-state index contributed by atoms with van der Waals surface area (Å²) in [6.07, 6.45) is 4.17. The summed E-state index contributed by atoms with van der Waals surface area (Å²) in [6.45, 7) is 3.30. The number of rotatable bonds is 5. The summed E-state index contributed by atoms with van der Waals surface area (Å²) in [7, 11) is 1.66. The van der Waals surface area contributed by atoms with Crippen LogP contribution in [0.15, 0.2) is 42.7 Å². The zero-order chi connectivity index (χ0) is 15.5. The van der Waals surface area contributed by atoms with Crippen molar-refractivity contribution in [1.29, 1.82) is 0 Å². The molecule has 1 fully saturated rings. The second-order valence-corrected chi connectivity index (χ2v) is 6.50. The molecule has 5 heteroatoms. The Labute approximate surface area is 135 Å². The Morgan fingerprint density at radius 1 is 1.27 bits per heavy atom. The van der Waals surface area contributed by atoms with Gasteiger partial charge in [-0.2, -0.15) is 0 Å². The van der Waals surface area contributed by atoms with Gasteiger partial charge < -0.3 is 14.2 Å². The summed E-state index contributed by atoms with van der Waals surface area (Å²) in [4.78, 5) is 13.9. The Kier molecular flexibility index (Phi) is 4.55. The van der Waals surface area contributed by atoms with Crippen LogP contribution in [0.4, 0.5) is 0 Å². The van der Waals surface area contributed by atoms with Crippen molar-refractivity contribution >= 4 is 17.7 Å². The number of carbonyl (C=O) groups excluding carboxylic acids is 1. The summed E-state index contributed by atoms with van der Waals surface area (Å²) in [5, 5.41) is 0.0920. The topological polar surface area (TPSA) is 34.5 Å². The van der Waals surface area contributed by atoms with Gasteiger partial charge in [0.05, 0.1) is 12.4 Å². The third kappa shape index (κ3) is 3.05. The van der Waals surface area contributed by atoms with E-state index in [1.807, 2.05) is 4.90 Å². The summed E-state index contributed by atoms with van der Waals surface area (Å²) in [5.74, 6) is 0.736. The first kappa shape index (κ1) is 15.2. The first-order valence-corrected chi connectivity index (χ1v) is 8.39. The molecular formula is C17H20N2O2S. The number of benzene rings is 1. The van der Waals surface area contributed by atoms with E-state index in [0.717, 1.165) is 11.3 Å². The van der Waals surface area contributed by atoms with Crippen LogP contribution >= 0.6 is 11.8 Å². The summed E-state index contributed by atoms with van der Waals surface area (Å²) in [5.41, 5.74) is 3.54. The van der Waals surface area contributed by atoms with Gasteiger partial charge in [-0.25, -0.2) is 0 Å². The van der Waals surface area contributed by atoms with Crippen LogP contribution in [-0.2, 0) is 9.53 Å². The lowest BCUT2D eigenvalue weighted by atomic mass is 10.2. The second kappa shape index (κ2) is 6.58. The Balaban J connectivity index is 1.80. The molecule has 0 N–H and O–H groups in total. The minimum absolute atomic E-state index is 0.0920. The lowest BCUT2D eigenvalue weighted by Crippen LogP contribution is -2.31. The molecule has 3 rings (SSSR count). The molecule has 1 aromatic carbocycles. The number of amides is 1. The highest BCUT2D eigenvalue weighted by molar-refractivity contribution is 8.00. The van der Waals surface area contributed by atoms with Crippen molar-refractivity contribution in [1.82, 2.24) is 9.47 Å². The third-order valence-corrected chi connectivity index (χ3v) is 5.09. The molecule has 2 heterocycles. The van der Waals surface area contributed by atoms with Gasteiger partial charge in [-0.05, 0) is 25.1 Å². The van der Waals surface area contributed by atoms with Gasteiger partial charge in [0.25, 0.3) is 0 Å². The zero-order valence-corrected chi connectivity index (χ0v) is 13.7. The van der Waals surface area contributed by atoms with Crippen LogP contribution in [0.5, 0.6) is 0 Å². The highest BCUT2D eigenvalue weighted by atomic mass is 32.2. The van der Waals surface area contributed by atoms with Gasteiger partial charge in [0, 0.05) is 37.3 Å². The van der Waals surface area contributed by atoms with Gasteiger partial charge in [-0.3, -0.25) is 4.79 Å². The van der Waals surface area contributed by atoms with E-state index in [9.17, 15) is 4.79 Å². The van der Waals surface area contributed by atoms with Crippen LogP contribution in [0.1, 0.15) is 16.5 Å². The van der Waals surface area contributed by atoms with Crippen molar-refractivity contribution < 1.29 is 9.53 Å². The van der Waals surface area contributed by atoms with E-state index in [0.29, 0.717) is 18.9 Å². The molecule has 4 nitrogen and oxygen atoms in total. The molecule has 0 spiro atoms. The van der Waals surface area contributed by atoms with E-state index in [4.69, 9.17) is 4.74 Å². The predicted octanol–water partition coefficient (Wildman–Crippen LogP) is 3.01. The molecule has 1 amide bonds. The standard InChI is InChI=1S/C17H20N2O2S/c1-13-3-5-15(6-4-13)18-8-7-14(11-18)17-19(9-10-21-2)16(20)12-22-17/h3-8,11,17H,9-10,12H2,1-2H3. The Bertz CT molecular complexity index is 651. The van der Waals surface area contributed by atoms with Crippen LogP contribution in [0.3, 0.4) is 0 Å². The van der Waals surface area contributed by atoms with Crippen LogP contribution in [0, 0.1) is 6.92 Å². The Morgan fingerprint density at radius 3 is 2.77 bits per heavy atom. The number of thioether (sulfide) groups is 1. The lowest BCUT2D eigenvalue weighted by Gasteiger charge is -2.22. The van der Waals surface area contributed by atoms with Crippen LogP contribution < -0.4 is 0 Å². The molecule has 1 atom stereocenters. The van der Waals surface area contributed by atoms with Gasteiger partial charge >= 0.3 is 0 Å². The first-order valence-electron chi connectivity index (χ1n) is 7.34. The average molecular weight is 316 g/mol. The van der Waals surface area contributed by atoms with Crippen molar-refractivity contribution in [2.24, 2.45) is 0 Å². The number of aromatic nitrogens is 1. The molecule has 116 valence electrons. The summed E-state index contributed by atoms with van der Waals surface area (Å²) < 4.78 is 7.22. The number of nitrogens with zero attached hydrogens (tertiary/aromatic N) is 2. The smallest absolute Gasteiger partial charge is 0.233 e. The quantitative estimate of drug-likeness (QED) is 0.850. The molecule has 0 saturated carbocycles. The largest absolute Gasteiger partial charge is 0.383 e. The van der Waals surface area contributed by atoms with Crippen molar-refractivity contribution in [3.63, 3.8) is 0 Å². The number of aryl methyl sites for hydroxylation is 1. The van der Waals surface area contributed by atoms with Crippen LogP contribution in [0.25, 0.3) is 5.69 Å². The fourth-order valence-corrected chi connectivity index (χ4v) is 3.80. The number of ether oxygens (including phenoxy) is 1. The van der Waals surface area contributed by atoms with Gasteiger partial charge in [0.15, 0.2) is 0 Å². The molecule has 1 unspecified atom stereocenters. The number of hydrogen-bond donors (Lipinski definition) is 0. The third-order valence-electron chi connectivity index (χ3n) is 3.84. The normalized spacial score (nSPS) is 18.2. The summed E-state index contributed by atoms with van der Waals surface area (Å²) >= 11 is 1.68. The molecule has 2 aromatic rings. The maximum atomic E-state index is 12.0. The Morgan fingerprint density at radius 2 is 2.05 bits per heavy atom. The van der Waals surface area contributed by atoms with Crippen LogP contribution in [-0.4, -0.2) is 41.4 Å². The van der Waals surface area contributed by atoms with E-state index < -0.39 is 0 Å². The van der Waals surface area contributed by atoms with Crippen LogP contribution in [0.2, 0.25) is 0 Å². The molecule has 1 aromatic heterocycles. The number of hydrogen-bond acceptors (Lipinski definition) is 3. The van der Waals surface area contributed by atoms with E-state index in [1.54, 1.807) is 18.9 Å². The molecule has 1 aliphatic heterocycles. The molecule has 0 radical (unpaired) electrons. The minimum Gasteiger partial charge on any atom is -0.383 e.